The van der Waals surface area contributed by atoms with E-state index < -0.39 is 0 Å². The summed E-state index contributed by atoms with van der Waals surface area (Å²) in [4.78, 5) is 23.8. The molecule has 1 fully saturated rings. The lowest BCUT2D eigenvalue weighted by atomic mass is 10.0. The van der Waals surface area contributed by atoms with Crippen LogP contribution < -0.4 is 10.6 Å². The number of hydrogen-bond donors (Lipinski definition) is 2. The maximum atomic E-state index is 12.7. The fourth-order valence-corrected chi connectivity index (χ4v) is 4.30. The molecule has 1 saturated heterocycles. The van der Waals surface area contributed by atoms with Gasteiger partial charge in [0.15, 0.2) is 0 Å². The predicted octanol–water partition coefficient (Wildman–Crippen LogP) is 3.89. The van der Waals surface area contributed by atoms with Crippen molar-refractivity contribution in [2.75, 3.05) is 11.9 Å². The number of thiophene rings is 1. The zero-order valence-corrected chi connectivity index (χ0v) is 16.7. The number of urea groups is 1. The smallest absolute Gasteiger partial charge is 0.319 e. The molecule has 3 aromatic heterocycles. The fourth-order valence-electron chi connectivity index (χ4n) is 3.43. The third-order valence-corrected chi connectivity index (χ3v) is 5.79. The van der Waals surface area contributed by atoms with Crippen molar-refractivity contribution in [1.29, 1.82) is 0 Å². The minimum absolute atomic E-state index is 0.140. The number of amides is 2. The third-order valence-electron chi connectivity index (χ3n) is 4.78. The van der Waals surface area contributed by atoms with Crippen LogP contribution in [0.25, 0.3) is 10.6 Å². The van der Waals surface area contributed by atoms with Crippen molar-refractivity contribution in [2.24, 2.45) is 7.05 Å². The Morgan fingerprint density at radius 3 is 2.93 bits per heavy atom. The number of carbonyl (C=O) groups excluding carboxylic acids is 1. The molecular weight excluding hydrogens is 374 g/mol. The number of carbonyl (C=O) groups is 1. The summed E-state index contributed by atoms with van der Waals surface area (Å²) in [6, 6.07) is 7.36. The van der Waals surface area contributed by atoms with Gasteiger partial charge in [-0.25, -0.2) is 9.78 Å². The number of aromatic nitrogens is 3. The average Bonchev–Trinajstić information content (AvgIpc) is 3.31. The molecule has 2 N–H and O–H groups in total. The van der Waals surface area contributed by atoms with Gasteiger partial charge >= 0.3 is 6.03 Å². The lowest BCUT2D eigenvalue weighted by Gasteiger charge is -2.31. The molecule has 2 atom stereocenters. The average molecular weight is 398 g/mol. The Bertz CT molecular complexity index is 967. The Labute approximate surface area is 167 Å². The fraction of sp³-hybridized carbons (Fsp3) is 0.350. The summed E-state index contributed by atoms with van der Waals surface area (Å²) in [6.45, 7) is 2.72. The van der Waals surface area contributed by atoms with Crippen molar-refractivity contribution in [2.45, 2.75) is 31.9 Å². The number of pyridine rings is 1. The van der Waals surface area contributed by atoms with E-state index in [0.29, 0.717) is 12.3 Å². The van der Waals surface area contributed by atoms with E-state index >= 15 is 0 Å². The van der Waals surface area contributed by atoms with Gasteiger partial charge in [-0.3, -0.25) is 4.98 Å². The second-order valence-electron chi connectivity index (χ2n) is 6.84. The molecule has 8 heteroatoms. The first kappa shape index (κ1) is 18.6. The lowest BCUT2D eigenvalue weighted by Crippen LogP contribution is -2.45. The zero-order chi connectivity index (χ0) is 19.5. The van der Waals surface area contributed by atoms with Gasteiger partial charge in [0.2, 0.25) is 0 Å². The highest BCUT2D eigenvalue weighted by atomic mass is 32.1. The maximum Gasteiger partial charge on any atom is 0.319 e. The van der Waals surface area contributed by atoms with E-state index in [-0.39, 0.29) is 18.2 Å². The Kier molecular flexibility index (Phi) is 5.40. The standard InChI is InChI=1S/C20H23N5O2S/c1-13-7-8-16(28-13)17-14(5-3-9-21-17)23-20(26)24-15-6-4-12-27-18(15)19-22-10-11-25(19)2/h3,5,7-11,15,18H,4,6,12H2,1-2H3,(H2,23,24,26)/t15-,18-/m0/s1. The van der Waals surface area contributed by atoms with E-state index in [1.54, 1.807) is 23.7 Å². The molecule has 0 unspecified atom stereocenters. The van der Waals surface area contributed by atoms with Crippen LogP contribution >= 0.6 is 11.3 Å². The molecule has 146 valence electrons. The summed E-state index contributed by atoms with van der Waals surface area (Å²) in [7, 11) is 1.93. The molecule has 28 heavy (non-hydrogen) atoms. The topological polar surface area (TPSA) is 81.1 Å². The van der Waals surface area contributed by atoms with Crippen molar-refractivity contribution in [1.82, 2.24) is 19.9 Å². The van der Waals surface area contributed by atoms with Crippen molar-refractivity contribution in [3.8, 4) is 10.6 Å². The summed E-state index contributed by atoms with van der Waals surface area (Å²) in [5.74, 6) is 0.820. The first-order valence-electron chi connectivity index (χ1n) is 9.30. The minimum atomic E-state index is -0.266. The van der Waals surface area contributed by atoms with Crippen LogP contribution in [0, 0.1) is 6.92 Å². The van der Waals surface area contributed by atoms with E-state index in [1.165, 1.54) is 4.88 Å². The molecule has 0 saturated carbocycles. The molecule has 3 aromatic rings. The van der Waals surface area contributed by atoms with Crippen molar-refractivity contribution >= 4 is 23.1 Å². The zero-order valence-electron chi connectivity index (χ0n) is 15.9. The normalized spacial score (nSPS) is 19.4. The van der Waals surface area contributed by atoms with Gasteiger partial charge in [0.25, 0.3) is 0 Å². The number of nitrogens with zero attached hydrogens (tertiary/aromatic N) is 3. The molecule has 0 bridgehead atoms. The monoisotopic (exact) mass is 397 g/mol. The minimum Gasteiger partial charge on any atom is -0.368 e. The van der Waals surface area contributed by atoms with Crippen molar-refractivity contribution in [3.63, 3.8) is 0 Å². The second kappa shape index (κ2) is 8.12. The van der Waals surface area contributed by atoms with Crippen LogP contribution in [0.15, 0.2) is 42.9 Å². The predicted molar refractivity (Wildman–Crippen MR) is 109 cm³/mol. The highest BCUT2D eigenvalue weighted by molar-refractivity contribution is 7.15. The summed E-state index contributed by atoms with van der Waals surface area (Å²) in [5.41, 5.74) is 1.46. The van der Waals surface area contributed by atoms with E-state index in [9.17, 15) is 4.79 Å². The van der Waals surface area contributed by atoms with Crippen molar-refractivity contribution < 1.29 is 9.53 Å². The maximum absolute atomic E-state index is 12.7. The summed E-state index contributed by atoms with van der Waals surface area (Å²) >= 11 is 1.65. The van der Waals surface area contributed by atoms with E-state index in [1.807, 2.05) is 36.0 Å². The molecule has 2 amide bonds. The Morgan fingerprint density at radius 1 is 1.29 bits per heavy atom. The third kappa shape index (κ3) is 3.93. The summed E-state index contributed by atoms with van der Waals surface area (Å²) < 4.78 is 7.86. The molecule has 7 nitrogen and oxygen atoms in total. The van der Waals surface area contributed by atoms with Gasteiger partial charge in [-0.05, 0) is 44.0 Å². The molecule has 0 aliphatic carbocycles. The number of imidazole rings is 1. The van der Waals surface area contributed by atoms with E-state index in [0.717, 1.165) is 29.2 Å². The van der Waals surface area contributed by atoms with Gasteiger partial charge < -0.3 is 19.9 Å². The first-order chi connectivity index (χ1) is 13.6. The van der Waals surface area contributed by atoms with Crippen LogP contribution in [0.2, 0.25) is 0 Å². The van der Waals surface area contributed by atoms with Gasteiger partial charge in [-0.2, -0.15) is 0 Å². The second-order valence-corrected chi connectivity index (χ2v) is 8.13. The molecular formula is C20H23N5O2S. The van der Waals surface area contributed by atoms with Crippen LogP contribution in [0.3, 0.4) is 0 Å². The Balaban J connectivity index is 1.49. The number of rotatable bonds is 4. The van der Waals surface area contributed by atoms with Gasteiger partial charge in [0, 0.05) is 37.1 Å². The van der Waals surface area contributed by atoms with Crippen LogP contribution in [0.5, 0.6) is 0 Å². The molecule has 0 spiro atoms. The van der Waals surface area contributed by atoms with Crippen LogP contribution in [-0.2, 0) is 11.8 Å². The van der Waals surface area contributed by atoms with Gasteiger partial charge in [-0.1, -0.05) is 0 Å². The quantitative estimate of drug-likeness (QED) is 0.700. The number of nitrogens with one attached hydrogen (secondary N) is 2. The number of anilines is 1. The highest BCUT2D eigenvalue weighted by Gasteiger charge is 2.31. The molecule has 4 heterocycles. The Morgan fingerprint density at radius 2 is 2.18 bits per heavy atom. The van der Waals surface area contributed by atoms with E-state index in [4.69, 9.17) is 4.74 Å². The van der Waals surface area contributed by atoms with Gasteiger partial charge in [0.1, 0.15) is 17.6 Å². The molecule has 4 rings (SSSR count). The Hall–Kier alpha value is -2.71. The molecule has 0 aromatic carbocycles. The van der Waals surface area contributed by atoms with Crippen LogP contribution in [-0.4, -0.2) is 33.2 Å². The van der Waals surface area contributed by atoms with Crippen LogP contribution in [0.4, 0.5) is 10.5 Å². The lowest BCUT2D eigenvalue weighted by molar-refractivity contribution is -0.0136. The summed E-state index contributed by atoms with van der Waals surface area (Å²) in [5, 5.41) is 6.02. The summed E-state index contributed by atoms with van der Waals surface area (Å²) in [6.07, 6.45) is 6.85. The van der Waals surface area contributed by atoms with Gasteiger partial charge in [-0.15, -0.1) is 11.3 Å². The first-order valence-corrected chi connectivity index (χ1v) is 10.1. The highest BCUT2D eigenvalue weighted by Crippen LogP contribution is 2.32. The number of hydrogen-bond acceptors (Lipinski definition) is 5. The SMILES string of the molecule is Cc1ccc(-c2ncccc2NC(=O)N[C@H]2CCCO[C@@H]2c2nccn2C)s1. The molecule has 0 radical (unpaired) electrons. The van der Waals surface area contributed by atoms with Gasteiger partial charge in [0.05, 0.1) is 16.6 Å². The number of ether oxygens (including phenoxy) is 1. The molecule has 1 aliphatic heterocycles. The largest absolute Gasteiger partial charge is 0.368 e. The number of aryl methyl sites for hydroxylation is 2. The van der Waals surface area contributed by atoms with E-state index in [2.05, 4.69) is 33.6 Å². The van der Waals surface area contributed by atoms with Crippen molar-refractivity contribution in [3.05, 3.63) is 53.6 Å². The van der Waals surface area contributed by atoms with Crippen LogP contribution in [0.1, 0.15) is 29.6 Å². The molecule has 1 aliphatic rings.